The van der Waals surface area contributed by atoms with E-state index in [0.717, 1.165) is 10.4 Å². The van der Waals surface area contributed by atoms with Gasteiger partial charge in [0.15, 0.2) is 9.84 Å². The van der Waals surface area contributed by atoms with E-state index in [2.05, 4.69) is 5.32 Å². The van der Waals surface area contributed by atoms with Gasteiger partial charge in [0.25, 0.3) is 0 Å². The Balaban J connectivity index is 1.90. The number of carbonyl (C=O) groups is 1. The largest absolute Gasteiger partial charge is 0.351 e. The molecule has 0 aliphatic carbocycles. The lowest BCUT2D eigenvalue weighted by molar-refractivity contribution is -0.120. The monoisotopic (exact) mass is 329 g/mol. The summed E-state index contributed by atoms with van der Waals surface area (Å²) in [5.41, 5.74) is 0.993. The summed E-state index contributed by atoms with van der Waals surface area (Å²) in [6.45, 7) is 1.99. The number of sulfone groups is 1. The zero-order valence-electron chi connectivity index (χ0n) is 11.0. The molecule has 20 heavy (non-hydrogen) atoms. The highest BCUT2D eigenvalue weighted by molar-refractivity contribution is 7.93. The normalized spacial score (nSPS) is 11.4. The van der Waals surface area contributed by atoms with E-state index in [1.165, 1.54) is 11.3 Å². The SMILES string of the molecule is CCS(=O)(=O)c1ccc(CNC(=O)Cc2ccsc2)s1. The Bertz CT molecular complexity index is 672. The van der Waals surface area contributed by atoms with Gasteiger partial charge in [-0.05, 0) is 34.5 Å². The topological polar surface area (TPSA) is 63.2 Å². The molecule has 1 amide bonds. The van der Waals surface area contributed by atoms with Crippen LogP contribution in [0.1, 0.15) is 17.4 Å². The van der Waals surface area contributed by atoms with Crippen molar-refractivity contribution in [3.05, 3.63) is 39.4 Å². The van der Waals surface area contributed by atoms with Crippen molar-refractivity contribution in [2.45, 2.75) is 24.1 Å². The Labute approximate surface area is 126 Å². The molecular weight excluding hydrogens is 314 g/mol. The molecule has 0 saturated heterocycles. The third-order valence-electron chi connectivity index (χ3n) is 2.73. The van der Waals surface area contributed by atoms with Gasteiger partial charge in [0.05, 0.1) is 18.7 Å². The summed E-state index contributed by atoms with van der Waals surface area (Å²) in [5, 5.41) is 6.68. The molecule has 108 valence electrons. The second-order valence-electron chi connectivity index (χ2n) is 4.21. The van der Waals surface area contributed by atoms with Crippen molar-refractivity contribution >= 4 is 38.4 Å². The Morgan fingerprint density at radius 1 is 1.30 bits per heavy atom. The Kier molecular flexibility index (Phi) is 4.95. The maximum absolute atomic E-state index is 11.7. The maximum atomic E-state index is 11.7. The maximum Gasteiger partial charge on any atom is 0.224 e. The van der Waals surface area contributed by atoms with E-state index < -0.39 is 9.84 Å². The molecule has 2 heterocycles. The molecule has 0 aliphatic rings. The summed E-state index contributed by atoms with van der Waals surface area (Å²) in [6.07, 6.45) is 0.356. The van der Waals surface area contributed by atoms with E-state index >= 15 is 0 Å². The Hall–Kier alpha value is -1.18. The van der Waals surface area contributed by atoms with Crippen molar-refractivity contribution < 1.29 is 13.2 Å². The predicted molar refractivity (Wildman–Crippen MR) is 81.9 cm³/mol. The fourth-order valence-electron chi connectivity index (χ4n) is 1.59. The van der Waals surface area contributed by atoms with Gasteiger partial charge >= 0.3 is 0 Å². The summed E-state index contributed by atoms with van der Waals surface area (Å²) in [7, 11) is -3.15. The molecule has 0 bridgehead atoms. The quantitative estimate of drug-likeness (QED) is 0.885. The molecular formula is C13H15NO3S3. The minimum absolute atomic E-state index is 0.0586. The van der Waals surface area contributed by atoms with Crippen LogP contribution in [0.25, 0.3) is 0 Å². The zero-order chi connectivity index (χ0) is 14.6. The van der Waals surface area contributed by atoms with Crippen LogP contribution in [-0.2, 0) is 27.6 Å². The summed E-state index contributed by atoms with van der Waals surface area (Å²) in [4.78, 5) is 12.6. The van der Waals surface area contributed by atoms with Gasteiger partial charge in [0, 0.05) is 4.88 Å². The first kappa shape index (κ1) is 15.2. The molecule has 0 spiro atoms. The zero-order valence-corrected chi connectivity index (χ0v) is 13.4. The fraction of sp³-hybridized carbons (Fsp3) is 0.308. The lowest BCUT2D eigenvalue weighted by Crippen LogP contribution is -2.23. The van der Waals surface area contributed by atoms with Crippen LogP contribution in [0.4, 0.5) is 0 Å². The van der Waals surface area contributed by atoms with Crippen LogP contribution in [0.2, 0.25) is 0 Å². The number of carbonyl (C=O) groups excluding carboxylic acids is 1. The number of amides is 1. The third-order valence-corrected chi connectivity index (χ3v) is 6.86. The average Bonchev–Trinajstić information content (AvgIpc) is 3.07. The predicted octanol–water partition coefficient (Wildman–Crippen LogP) is 2.46. The van der Waals surface area contributed by atoms with E-state index in [4.69, 9.17) is 0 Å². The van der Waals surface area contributed by atoms with Gasteiger partial charge in [0.2, 0.25) is 5.91 Å². The summed E-state index contributed by atoms with van der Waals surface area (Å²) in [5.74, 6) is 0.0361. The van der Waals surface area contributed by atoms with Crippen molar-refractivity contribution in [1.82, 2.24) is 5.32 Å². The number of thiophene rings is 2. The first-order valence-electron chi connectivity index (χ1n) is 6.10. The Morgan fingerprint density at radius 3 is 2.75 bits per heavy atom. The van der Waals surface area contributed by atoms with Gasteiger partial charge in [-0.25, -0.2) is 8.42 Å². The molecule has 0 aromatic carbocycles. The van der Waals surface area contributed by atoms with Crippen molar-refractivity contribution in [2.24, 2.45) is 0 Å². The minimum atomic E-state index is -3.15. The lowest BCUT2D eigenvalue weighted by atomic mass is 10.2. The smallest absolute Gasteiger partial charge is 0.224 e. The number of nitrogens with one attached hydrogen (secondary N) is 1. The molecule has 0 unspecified atom stereocenters. The first-order valence-corrected chi connectivity index (χ1v) is 9.51. The number of rotatable bonds is 6. The molecule has 0 atom stereocenters. The molecule has 0 radical (unpaired) electrons. The van der Waals surface area contributed by atoms with Gasteiger partial charge in [-0.2, -0.15) is 11.3 Å². The molecule has 2 aromatic rings. The van der Waals surface area contributed by atoms with E-state index in [1.807, 2.05) is 16.8 Å². The van der Waals surface area contributed by atoms with Crippen molar-refractivity contribution in [1.29, 1.82) is 0 Å². The molecule has 0 saturated carbocycles. The van der Waals surface area contributed by atoms with Gasteiger partial charge in [-0.3, -0.25) is 4.79 Å². The molecule has 0 fully saturated rings. The van der Waals surface area contributed by atoms with Crippen molar-refractivity contribution in [3.8, 4) is 0 Å². The number of hydrogen-bond acceptors (Lipinski definition) is 5. The summed E-state index contributed by atoms with van der Waals surface area (Å²) >= 11 is 2.77. The lowest BCUT2D eigenvalue weighted by Gasteiger charge is -2.02. The van der Waals surface area contributed by atoms with E-state index in [-0.39, 0.29) is 11.7 Å². The van der Waals surface area contributed by atoms with E-state index in [9.17, 15) is 13.2 Å². The molecule has 4 nitrogen and oxygen atoms in total. The van der Waals surface area contributed by atoms with Crippen LogP contribution in [0, 0.1) is 0 Å². The Morgan fingerprint density at radius 2 is 2.10 bits per heavy atom. The van der Waals surface area contributed by atoms with E-state index in [0.29, 0.717) is 17.2 Å². The highest BCUT2D eigenvalue weighted by Gasteiger charge is 2.14. The van der Waals surface area contributed by atoms with E-state index in [1.54, 1.807) is 30.4 Å². The minimum Gasteiger partial charge on any atom is -0.351 e. The van der Waals surface area contributed by atoms with Crippen molar-refractivity contribution in [2.75, 3.05) is 5.75 Å². The van der Waals surface area contributed by atoms with Gasteiger partial charge < -0.3 is 5.32 Å². The van der Waals surface area contributed by atoms with Gasteiger partial charge in [-0.1, -0.05) is 6.92 Å². The third kappa shape index (κ3) is 3.91. The second kappa shape index (κ2) is 6.51. The molecule has 0 aliphatic heterocycles. The van der Waals surface area contributed by atoms with Gasteiger partial charge in [-0.15, -0.1) is 11.3 Å². The molecule has 7 heteroatoms. The fourth-order valence-corrected chi connectivity index (χ4v) is 4.68. The van der Waals surface area contributed by atoms with Crippen LogP contribution < -0.4 is 5.32 Å². The van der Waals surface area contributed by atoms with Crippen molar-refractivity contribution in [3.63, 3.8) is 0 Å². The van der Waals surface area contributed by atoms with Gasteiger partial charge in [0.1, 0.15) is 4.21 Å². The first-order chi connectivity index (χ1) is 9.51. The van der Waals surface area contributed by atoms with Crippen LogP contribution in [-0.4, -0.2) is 20.1 Å². The average molecular weight is 329 g/mol. The molecule has 2 aromatic heterocycles. The second-order valence-corrected chi connectivity index (χ2v) is 8.66. The van der Waals surface area contributed by atoms with Crippen LogP contribution in [0.3, 0.4) is 0 Å². The number of hydrogen-bond donors (Lipinski definition) is 1. The van der Waals surface area contributed by atoms with Crippen LogP contribution >= 0.6 is 22.7 Å². The highest BCUT2D eigenvalue weighted by Crippen LogP contribution is 2.22. The molecule has 2 rings (SSSR count). The summed E-state index contributed by atoms with van der Waals surface area (Å²) < 4.78 is 23.7. The highest BCUT2D eigenvalue weighted by atomic mass is 32.2. The van der Waals surface area contributed by atoms with Crippen LogP contribution in [0.15, 0.2) is 33.2 Å². The molecule has 1 N–H and O–H groups in total. The summed E-state index contributed by atoms with van der Waals surface area (Å²) in [6, 6.07) is 5.27. The van der Waals surface area contributed by atoms with Crippen LogP contribution in [0.5, 0.6) is 0 Å². The standard InChI is InChI=1S/C13H15NO3S3/c1-2-20(16,17)13-4-3-11(19-13)8-14-12(15)7-10-5-6-18-9-10/h3-6,9H,2,7-8H2,1H3,(H,14,15).